The molecular formula is C49H28O2S. The lowest BCUT2D eigenvalue weighted by molar-refractivity contribution is 0.103. The normalized spacial score (nSPS) is 13.0. The van der Waals surface area contributed by atoms with Crippen molar-refractivity contribution in [1.29, 1.82) is 0 Å². The number of rotatable bonds is 2. The molecule has 2 nitrogen and oxygen atoms in total. The molecule has 242 valence electrons. The molecule has 0 amide bonds. The Balaban J connectivity index is 1.03. The van der Waals surface area contributed by atoms with Gasteiger partial charge in [-0.2, -0.15) is 0 Å². The van der Waals surface area contributed by atoms with Crippen molar-refractivity contribution >= 4 is 81.2 Å². The van der Waals surface area contributed by atoms with Crippen LogP contribution in [0.4, 0.5) is 0 Å². The van der Waals surface area contributed by atoms with Gasteiger partial charge < -0.3 is 0 Å². The molecule has 0 atom stereocenters. The molecular weight excluding hydrogens is 653 g/mol. The van der Waals surface area contributed by atoms with Crippen LogP contribution in [-0.4, -0.2) is 9.99 Å². The molecule has 0 N–H and O–H groups in total. The maximum Gasteiger partial charge on any atom is 0.195 e. The molecule has 0 aromatic heterocycles. The lowest BCUT2D eigenvalue weighted by Gasteiger charge is -2.20. The number of carbonyl (C=O) groups is 1. The molecule has 0 spiro atoms. The fraction of sp³-hybridized carbons (Fsp3) is 0. The third-order valence-corrected chi connectivity index (χ3v) is 12.5. The topological polar surface area (TPSA) is 34.1 Å². The number of fused-ring (bicyclic) bond motifs is 14. The van der Waals surface area contributed by atoms with Crippen LogP contribution < -0.4 is 0 Å². The van der Waals surface area contributed by atoms with Gasteiger partial charge >= 0.3 is 0 Å². The van der Waals surface area contributed by atoms with E-state index >= 15 is 0 Å². The van der Waals surface area contributed by atoms with Crippen LogP contribution in [0.2, 0.25) is 0 Å². The Morgan fingerprint density at radius 2 is 0.558 bits per heavy atom. The van der Waals surface area contributed by atoms with E-state index < -0.39 is 10.8 Å². The van der Waals surface area contributed by atoms with E-state index in [-0.39, 0.29) is 5.78 Å². The van der Waals surface area contributed by atoms with Gasteiger partial charge in [-0.05, 0) is 123 Å². The Kier molecular flexibility index (Phi) is 6.22. The Hall–Kier alpha value is -6.42. The van der Waals surface area contributed by atoms with Gasteiger partial charge in [0, 0.05) is 11.1 Å². The SMILES string of the molecule is O=C1c2cc(-c3ccc4c5ccccc5c5ccccc5c4c3)ccc2S(=O)c2ccc(-c3ccc4c5ccccc5c5ccccc5c4c3)cc21. The number of hydrogen-bond acceptors (Lipinski definition) is 2. The van der Waals surface area contributed by atoms with Crippen LogP contribution >= 0.6 is 0 Å². The summed E-state index contributed by atoms with van der Waals surface area (Å²) in [4.78, 5) is 15.5. The molecule has 3 heteroatoms. The molecule has 1 aliphatic rings. The Labute approximate surface area is 302 Å². The lowest BCUT2D eigenvalue weighted by atomic mass is 9.90. The first-order chi connectivity index (χ1) is 25.6. The van der Waals surface area contributed by atoms with E-state index in [1.54, 1.807) is 0 Å². The molecule has 52 heavy (non-hydrogen) atoms. The molecule has 1 heterocycles. The highest BCUT2D eigenvalue weighted by molar-refractivity contribution is 7.85. The van der Waals surface area contributed by atoms with Crippen LogP contribution in [0.15, 0.2) is 180 Å². The quantitative estimate of drug-likeness (QED) is 0.170. The highest BCUT2D eigenvalue weighted by Gasteiger charge is 2.30. The van der Waals surface area contributed by atoms with Gasteiger partial charge in [-0.1, -0.05) is 133 Å². The maximum atomic E-state index is 14.4. The minimum Gasteiger partial charge on any atom is -0.289 e. The van der Waals surface area contributed by atoms with E-state index in [9.17, 15) is 9.00 Å². The highest BCUT2D eigenvalue weighted by Crippen LogP contribution is 2.41. The summed E-state index contributed by atoms with van der Waals surface area (Å²) in [5.41, 5.74) is 4.89. The zero-order valence-electron chi connectivity index (χ0n) is 27.9. The highest BCUT2D eigenvalue weighted by atomic mass is 32.2. The van der Waals surface area contributed by atoms with Crippen molar-refractivity contribution in [2.75, 3.05) is 0 Å². The first-order valence-corrected chi connectivity index (χ1v) is 18.7. The monoisotopic (exact) mass is 680 g/mol. The third-order valence-electron chi connectivity index (χ3n) is 11.0. The van der Waals surface area contributed by atoms with Gasteiger partial charge in [-0.25, -0.2) is 4.21 Å². The van der Waals surface area contributed by atoms with Crippen LogP contribution in [0.25, 0.3) is 86.9 Å². The van der Waals surface area contributed by atoms with E-state index in [0.29, 0.717) is 20.9 Å². The average molecular weight is 681 g/mol. The summed E-state index contributed by atoms with van der Waals surface area (Å²) in [7, 11) is -1.47. The van der Waals surface area contributed by atoms with Crippen molar-refractivity contribution in [1.82, 2.24) is 0 Å². The van der Waals surface area contributed by atoms with E-state index in [2.05, 4.69) is 133 Å². The number of ketones is 1. The molecule has 0 saturated carbocycles. The van der Waals surface area contributed by atoms with Gasteiger partial charge in [0.2, 0.25) is 0 Å². The van der Waals surface area contributed by atoms with Crippen molar-refractivity contribution in [3.63, 3.8) is 0 Å². The molecule has 11 rings (SSSR count). The predicted molar refractivity (Wildman–Crippen MR) is 217 cm³/mol. The number of carbonyl (C=O) groups excluding carboxylic acids is 1. The third kappa shape index (κ3) is 4.17. The molecule has 0 unspecified atom stereocenters. The van der Waals surface area contributed by atoms with Gasteiger partial charge in [-0.3, -0.25) is 4.79 Å². The predicted octanol–water partition coefficient (Wildman–Crippen LogP) is 12.7. The summed E-state index contributed by atoms with van der Waals surface area (Å²) in [6.07, 6.45) is 0. The van der Waals surface area contributed by atoms with Crippen LogP contribution in [0.5, 0.6) is 0 Å². The molecule has 10 aromatic rings. The molecule has 1 aliphatic heterocycles. The van der Waals surface area contributed by atoms with Crippen molar-refractivity contribution in [2.45, 2.75) is 9.79 Å². The summed E-state index contributed by atoms with van der Waals surface area (Å²) < 4.78 is 14.0. The molecule has 0 radical (unpaired) electrons. The van der Waals surface area contributed by atoms with Crippen LogP contribution in [0, 0.1) is 0 Å². The summed E-state index contributed by atoms with van der Waals surface area (Å²) >= 11 is 0. The van der Waals surface area contributed by atoms with E-state index in [0.717, 1.165) is 22.3 Å². The van der Waals surface area contributed by atoms with Crippen molar-refractivity contribution in [3.8, 4) is 22.3 Å². The van der Waals surface area contributed by atoms with Crippen molar-refractivity contribution in [3.05, 3.63) is 181 Å². The van der Waals surface area contributed by atoms with Crippen molar-refractivity contribution < 1.29 is 9.00 Å². The smallest absolute Gasteiger partial charge is 0.195 e. The second-order valence-electron chi connectivity index (χ2n) is 13.7. The first kappa shape index (κ1) is 29.3. The standard InChI is InChI=1S/C49H28O2S/c50-49-45-27-31(29-17-21-41-37-13-3-1-9-33(37)35-11-5-7-15-39(35)43(41)25-29)19-23-47(45)52(51)48-24-20-32(28-46(48)49)30-18-22-42-38-14-4-2-10-34(38)36-12-6-8-16-40(36)44(42)26-30/h1-28H. The van der Waals surface area contributed by atoms with Gasteiger partial charge in [0.05, 0.1) is 20.6 Å². The fourth-order valence-corrected chi connectivity index (χ4v) is 9.86. The second-order valence-corrected chi connectivity index (χ2v) is 15.1. The van der Waals surface area contributed by atoms with E-state index in [1.807, 2.05) is 36.4 Å². The summed E-state index contributed by atoms with van der Waals surface area (Å²) in [6, 6.07) is 58.9. The number of benzene rings is 10. The van der Waals surface area contributed by atoms with Gasteiger partial charge in [-0.15, -0.1) is 0 Å². The Morgan fingerprint density at radius 1 is 0.288 bits per heavy atom. The Bertz CT molecular complexity index is 2940. The molecule has 0 bridgehead atoms. The summed E-state index contributed by atoms with van der Waals surface area (Å²) in [5.74, 6) is -0.0947. The van der Waals surface area contributed by atoms with Crippen LogP contribution in [0.3, 0.4) is 0 Å². The van der Waals surface area contributed by atoms with Gasteiger partial charge in [0.1, 0.15) is 0 Å². The van der Waals surface area contributed by atoms with Gasteiger partial charge in [0.25, 0.3) is 0 Å². The second kappa shape index (κ2) is 11.0. The fourth-order valence-electron chi connectivity index (χ4n) is 8.54. The van der Waals surface area contributed by atoms with E-state index in [4.69, 9.17) is 0 Å². The van der Waals surface area contributed by atoms with Gasteiger partial charge in [0.15, 0.2) is 5.78 Å². The van der Waals surface area contributed by atoms with Crippen LogP contribution in [-0.2, 0) is 10.8 Å². The molecule has 10 aromatic carbocycles. The molecule has 0 aliphatic carbocycles. The minimum atomic E-state index is -1.47. The largest absolute Gasteiger partial charge is 0.289 e. The zero-order chi connectivity index (χ0) is 34.5. The summed E-state index contributed by atoms with van der Waals surface area (Å²) in [6.45, 7) is 0. The van der Waals surface area contributed by atoms with Crippen LogP contribution in [0.1, 0.15) is 15.9 Å². The van der Waals surface area contributed by atoms with E-state index in [1.165, 1.54) is 64.6 Å². The number of hydrogen-bond donors (Lipinski definition) is 0. The minimum absolute atomic E-state index is 0.0947. The summed E-state index contributed by atoms with van der Waals surface area (Å²) in [5, 5.41) is 14.5. The molecule has 0 saturated heterocycles. The average Bonchev–Trinajstić information content (AvgIpc) is 3.22. The first-order valence-electron chi connectivity index (χ1n) is 17.5. The maximum absolute atomic E-state index is 14.4. The zero-order valence-corrected chi connectivity index (χ0v) is 28.7. The van der Waals surface area contributed by atoms with Crippen molar-refractivity contribution in [2.24, 2.45) is 0 Å². The molecule has 0 fully saturated rings. The Morgan fingerprint density at radius 3 is 0.904 bits per heavy atom. The lowest BCUT2D eigenvalue weighted by Crippen LogP contribution is -2.16.